The minimum Gasteiger partial charge on any atom is -0.491 e. The molecule has 1 atom stereocenters. The molecule has 2 N–H and O–H groups in total. The lowest BCUT2D eigenvalue weighted by Gasteiger charge is -2.13. The number of benzene rings is 2. The molecule has 0 radical (unpaired) electrons. The van der Waals surface area contributed by atoms with Crippen molar-refractivity contribution in [1.82, 2.24) is 5.32 Å². The van der Waals surface area contributed by atoms with Crippen molar-refractivity contribution < 1.29 is 14.8 Å². The molecule has 2 aromatic rings. The van der Waals surface area contributed by atoms with Crippen molar-refractivity contribution in [1.29, 1.82) is 0 Å². The number of aliphatic hydroxyl groups excluding tert-OH is 1. The Morgan fingerprint density at radius 2 is 2.04 bits per heavy atom. The zero-order valence-electron chi connectivity index (χ0n) is 13.9. The lowest BCUT2D eigenvalue weighted by Crippen LogP contribution is -2.31. The number of hydrogen-bond donors (Lipinski definition) is 2. The number of nitro benzene ring substituents is 1. The van der Waals surface area contributed by atoms with E-state index in [2.05, 4.69) is 5.32 Å². The van der Waals surface area contributed by atoms with Gasteiger partial charge in [0.25, 0.3) is 5.69 Å². The highest BCUT2D eigenvalue weighted by molar-refractivity contribution is 5.42. The molecular formula is C18H22N2O4. The fraction of sp³-hybridized carbons (Fsp3) is 0.333. The van der Waals surface area contributed by atoms with Gasteiger partial charge in [-0.1, -0.05) is 24.3 Å². The molecule has 0 aliphatic carbocycles. The van der Waals surface area contributed by atoms with Gasteiger partial charge in [0.05, 0.1) is 4.92 Å². The maximum absolute atomic E-state index is 10.9. The Bertz CT molecular complexity index is 703. The van der Waals surface area contributed by atoms with Crippen LogP contribution in [-0.4, -0.2) is 29.3 Å². The Kier molecular flexibility index (Phi) is 6.28. The molecular weight excluding hydrogens is 308 g/mol. The van der Waals surface area contributed by atoms with Crippen LogP contribution < -0.4 is 10.1 Å². The number of ether oxygens (including phenoxy) is 1. The van der Waals surface area contributed by atoms with Gasteiger partial charge in [-0.3, -0.25) is 10.1 Å². The van der Waals surface area contributed by atoms with Gasteiger partial charge >= 0.3 is 0 Å². The molecule has 128 valence electrons. The number of aryl methyl sites for hydroxylation is 2. The Hall–Kier alpha value is -2.44. The van der Waals surface area contributed by atoms with Crippen LogP contribution in [0.4, 0.5) is 5.69 Å². The Balaban J connectivity index is 1.77. The summed E-state index contributed by atoms with van der Waals surface area (Å²) in [4.78, 5) is 10.5. The van der Waals surface area contributed by atoms with Gasteiger partial charge < -0.3 is 15.2 Å². The van der Waals surface area contributed by atoms with Gasteiger partial charge in [-0.2, -0.15) is 0 Å². The summed E-state index contributed by atoms with van der Waals surface area (Å²) in [5, 5.41) is 24.0. The van der Waals surface area contributed by atoms with Crippen LogP contribution in [0.15, 0.2) is 42.5 Å². The maximum atomic E-state index is 10.9. The van der Waals surface area contributed by atoms with Crippen molar-refractivity contribution in [2.45, 2.75) is 26.5 Å². The van der Waals surface area contributed by atoms with Crippen molar-refractivity contribution in [3.05, 3.63) is 69.3 Å². The summed E-state index contributed by atoms with van der Waals surface area (Å²) in [6.07, 6.45) is -0.661. The molecule has 0 aliphatic heterocycles. The van der Waals surface area contributed by atoms with Gasteiger partial charge in [-0.25, -0.2) is 0 Å². The highest BCUT2D eigenvalue weighted by Crippen LogP contribution is 2.19. The second kappa shape index (κ2) is 8.42. The molecule has 0 saturated carbocycles. The number of aliphatic hydroxyl groups is 1. The molecule has 0 heterocycles. The highest BCUT2D eigenvalue weighted by atomic mass is 16.6. The van der Waals surface area contributed by atoms with Crippen LogP contribution >= 0.6 is 0 Å². The maximum Gasteiger partial charge on any atom is 0.272 e. The van der Waals surface area contributed by atoms with Gasteiger partial charge in [0.15, 0.2) is 0 Å². The molecule has 0 aliphatic rings. The predicted molar refractivity (Wildman–Crippen MR) is 92.2 cm³/mol. The second-order valence-electron chi connectivity index (χ2n) is 5.79. The Labute approximate surface area is 141 Å². The average Bonchev–Trinajstić information content (AvgIpc) is 2.54. The largest absolute Gasteiger partial charge is 0.491 e. The lowest BCUT2D eigenvalue weighted by atomic mass is 10.1. The molecule has 1 unspecified atom stereocenters. The van der Waals surface area contributed by atoms with Crippen LogP contribution in [0.25, 0.3) is 0 Å². The van der Waals surface area contributed by atoms with Crippen molar-refractivity contribution in [3.8, 4) is 5.75 Å². The molecule has 6 nitrogen and oxygen atoms in total. The first-order valence-electron chi connectivity index (χ1n) is 7.78. The first-order valence-corrected chi connectivity index (χ1v) is 7.78. The summed E-state index contributed by atoms with van der Waals surface area (Å²) >= 11 is 0. The van der Waals surface area contributed by atoms with Crippen molar-refractivity contribution in [2.75, 3.05) is 13.2 Å². The topological polar surface area (TPSA) is 84.6 Å². The Morgan fingerprint density at radius 1 is 1.25 bits per heavy atom. The summed E-state index contributed by atoms with van der Waals surface area (Å²) in [6, 6.07) is 12.8. The summed E-state index contributed by atoms with van der Waals surface area (Å²) in [7, 11) is 0. The van der Waals surface area contributed by atoms with Crippen molar-refractivity contribution in [3.63, 3.8) is 0 Å². The zero-order valence-corrected chi connectivity index (χ0v) is 13.9. The third kappa shape index (κ3) is 5.33. The average molecular weight is 330 g/mol. The first-order chi connectivity index (χ1) is 11.5. The molecule has 0 fully saturated rings. The van der Waals surface area contributed by atoms with Crippen molar-refractivity contribution >= 4 is 5.69 Å². The lowest BCUT2D eigenvalue weighted by molar-refractivity contribution is -0.385. The van der Waals surface area contributed by atoms with Crippen LogP contribution in [-0.2, 0) is 6.54 Å². The van der Waals surface area contributed by atoms with Gasteiger partial charge in [0, 0.05) is 24.7 Å². The SMILES string of the molecule is Cc1cccc(OCC(O)CNCc2ccc(C)c([N+](=O)[O-])c2)c1. The van der Waals surface area contributed by atoms with E-state index < -0.39 is 6.10 Å². The minimum atomic E-state index is -0.661. The summed E-state index contributed by atoms with van der Waals surface area (Å²) in [5.41, 5.74) is 2.65. The molecule has 24 heavy (non-hydrogen) atoms. The quantitative estimate of drug-likeness (QED) is 0.574. The fourth-order valence-corrected chi connectivity index (χ4v) is 2.30. The number of nitrogens with one attached hydrogen (secondary N) is 1. The number of rotatable bonds is 8. The van der Waals surface area contributed by atoms with E-state index in [0.717, 1.165) is 16.9 Å². The summed E-state index contributed by atoms with van der Waals surface area (Å²) in [5.74, 6) is 0.725. The van der Waals surface area contributed by atoms with E-state index in [4.69, 9.17) is 4.74 Å². The Morgan fingerprint density at radius 3 is 2.75 bits per heavy atom. The van der Waals surface area contributed by atoms with Gasteiger partial charge in [-0.15, -0.1) is 0 Å². The zero-order chi connectivity index (χ0) is 17.5. The fourth-order valence-electron chi connectivity index (χ4n) is 2.30. The molecule has 2 aromatic carbocycles. The van der Waals surface area contributed by atoms with E-state index in [-0.39, 0.29) is 17.2 Å². The van der Waals surface area contributed by atoms with Gasteiger partial charge in [0.1, 0.15) is 18.5 Å². The monoisotopic (exact) mass is 330 g/mol. The second-order valence-corrected chi connectivity index (χ2v) is 5.79. The van der Waals surface area contributed by atoms with Crippen LogP contribution in [0.2, 0.25) is 0 Å². The number of nitro groups is 1. The van der Waals surface area contributed by atoms with Crippen molar-refractivity contribution in [2.24, 2.45) is 0 Å². The smallest absolute Gasteiger partial charge is 0.272 e. The number of nitrogens with zero attached hydrogens (tertiary/aromatic N) is 1. The predicted octanol–water partition coefficient (Wildman–Crippen LogP) is 2.74. The van der Waals surface area contributed by atoms with E-state index in [1.165, 1.54) is 0 Å². The summed E-state index contributed by atoms with van der Waals surface area (Å²) in [6.45, 7) is 4.66. The molecule has 0 aromatic heterocycles. The molecule has 2 rings (SSSR count). The van der Waals surface area contributed by atoms with Crippen LogP contribution in [0.5, 0.6) is 5.75 Å². The van der Waals surface area contributed by atoms with Gasteiger partial charge in [-0.05, 0) is 37.1 Å². The van der Waals surface area contributed by atoms with Crippen LogP contribution in [0, 0.1) is 24.0 Å². The standard InChI is InChI=1S/C18H22N2O4/c1-13-4-3-5-17(8-13)24-12-16(21)11-19-10-15-7-6-14(2)18(9-15)20(22)23/h3-9,16,19,21H,10-12H2,1-2H3. The van der Waals surface area contributed by atoms with E-state index >= 15 is 0 Å². The normalized spacial score (nSPS) is 12.0. The first kappa shape index (κ1) is 17.9. The number of hydrogen-bond acceptors (Lipinski definition) is 5. The summed E-state index contributed by atoms with van der Waals surface area (Å²) < 4.78 is 5.54. The van der Waals surface area contributed by atoms with E-state index in [1.54, 1.807) is 19.1 Å². The molecule has 0 spiro atoms. The molecule has 6 heteroatoms. The molecule has 0 saturated heterocycles. The minimum absolute atomic E-state index is 0.109. The third-order valence-electron chi connectivity index (χ3n) is 3.61. The van der Waals surface area contributed by atoms with E-state index in [0.29, 0.717) is 18.7 Å². The van der Waals surface area contributed by atoms with E-state index in [1.807, 2.05) is 37.3 Å². The third-order valence-corrected chi connectivity index (χ3v) is 3.61. The molecule has 0 bridgehead atoms. The molecule has 0 amide bonds. The highest BCUT2D eigenvalue weighted by Gasteiger charge is 2.11. The van der Waals surface area contributed by atoms with Crippen LogP contribution in [0.1, 0.15) is 16.7 Å². The van der Waals surface area contributed by atoms with Crippen LogP contribution in [0.3, 0.4) is 0 Å². The van der Waals surface area contributed by atoms with Gasteiger partial charge in [0.2, 0.25) is 0 Å². The van der Waals surface area contributed by atoms with E-state index in [9.17, 15) is 15.2 Å².